The molecule has 3 nitrogen and oxygen atoms in total. The predicted molar refractivity (Wildman–Crippen MR) is 49.9 cm³/mol. The molecule has 0 atom stereocenters. The molecule has 0 fully saturated rings. The molecule has 0 aromatic rings. The molecule has 0 amide bonds. The monoisotopic (exact) mass is 176 g/mol. The van der Waals surface area contributed by atoms with E-state index in [1.165, 1.54) is 6.42 Å². The lowest BCUT2D eigenvalue weighted by atomic mass is 10.2. The molecule has 0 unspecified atom stereocenters. The number of quaternary nitrogens is 1. The molecule has 0 saturated carbocycles. The molecule has 0 aliphatic carbocycles. The molecule has 0 aromatic carbocycles. The summed E-state index contributed by atoms with van der Waals surface area (Å²) < 4.78 is 0.792. The molecule has 0 radical (unpaired) electrons. The van der Waals surface area contributed by atoms with Gasteiger partial charge >= 0.3 is 0 Å². The molecule has 0 aliphatic rings. The highest BCUT2D eigenvalue weighted by Crippen LogP contribution is 2.04. The average Bonchev–Trinajstić information content (AvgIpc) is 2.02. The quantitative estimate of drug-likeness (QED) is 0.545. The van der Waals surface area contributed by atoms with Crippen molar-refractivity contribution in [2.24, 2.45) is 0 Å². The van der Waals surface area contributed by atoms with Gasteiger partial charge in [0.05, 0.1) is 26.8 Å². The Bertz CT molecular complexity index is 101. The second kappa shape index (κ2) is 6.40. The van der Waals surface area contributed by atoms with Gasteiger partial charge < -0.3 is 14.7 Å². The first-order valence-corrected chi connectivity index (χ1v) is 4.74. The lowest BCUT2D eigenvalue weighted by molar-refractivity contribution is -0.910. The molecule has 2 N–H and O–H groups in total. The van der Waals surface area contributed by atoms with Gasteiger partial charge in [-0.05, 0) is 6.42 Å². The van der Waals surface area contributed by atoms with Gasteiger partial charge in [-0.25, -0.2) is 0 Å². The molecule has 0 spiro atoms. The summed E-state index contributed by atoms with van der Waals surface area (Å²) in [5.41, 5.74) is 0. The van der Waals surface area contributed by atoms with Gasteiger partial charge in [0.1, 0.15) is 13.1 Å². The first-order valence-electron chi connectivity index (χ1n) is 4.74. The van der Waals surface area contributed by atoms with Crippen LogP contribution in [0, 0.1) is 0 Å². The fourth-order valence-corrected chi connectivity index (χ4v) is 1.36. The lowest BCUT2D eigenvalue weighted by Crippen LogP contribution is -2.48. The fraction of sp³-hybridized carbons (Fsp3) is 1.00. The van der Waals surface area contributed by atoms with Crippen LogP contribution in [0.1, 0.15) is 19.8 Å². The molecule has 0 aromatic heterocycles. The van der Waals surface area contributed by atoms with Crippen LogP contribution in [-0.2, 0) is 0 Å². The molecule has 0 aliphatic heterocycles. The molecule has 0 bridgehead atoms. The van der Waals surface area contributed by atoms with E-state index in [-0.39, 0.29) is 13.2 Å². The number of hydrogen-bond acceptors (Lipinski definition) is 2. The second-order valence-corrected chi connectivity index (χ2v) is 3.59. The third-order valence-electron chi connectivity index (χ3n) is 2.33. The van der Waals surface area contributed by atoms with E-state index in [4.69, 9.17) is 10.2 Å². The third kappa shape index (κ3) is 4.70. The van der Waals surface area contributed by atoms with Crippen molar-refractivity contribution in [3.05, 3.63) is 0 Å². The summed E-state index contributed by atoms with van der Waals surface area (Å²) in [6.07, 6.45) is 2.33. The van der Waals surface area contributed by atoms with Crippen molar-refractivity contribution < 1.29 is 14.7 Å². The summed E-state index contributed by atoms with van der Waals surface area (Å²) in [6, 6.07) is 0. The van der Waals surface area contributed by atoms with Gasteiger partial charge in [0.25, 0.3) is 0 Å². The molecular weight excluding hydrogens is 154 g/mol. The predicted octanol–water partition coefficient (Wildman–Crippen LogP) is 0.218. The van der Waals surface area contributed by atoms with E-state index >= 15 is 0 Å². The number of aliphatic hydroxyl groups excluding tert-OH is 2. The van der Waals surface area contributed by atoms with Gasteiger partial charge in [0.15, 0.2) is 0 Å². The number of aliphatic hydroxyl groups is 2. The maximum atomic E-state index is 8.83. The summed E-state index contributed by atoms with van der Waals surface area (Å²) >= 11 is 0. The Morgan fingerprint density at radius 3 is 1.83 bits per heavy atom. The topological polar surface area (TPSA) is 40.5 Å². The number of nitrogens with zero attached hydrogens (tertiary/aromatic N) is 1. The molecule has 12 heavy (non-hydrogen) atoms. The van der Waals surface area contributed by atoms with Gasteiger partial charge in [-0.1, -0.05) is 13.3 Å². The van der Waals surface area contributed by atoms with Crippen molar-refractivity contribution in [2.45, 2.75) is 19.8 Å². The third-order valence-corrected chi connectivity index (χ3v) is 2.33. The Morgan fingerprint density at radius 1 is 1.00 bits per heavy atom. The molecule has 0 heterocycles. The van der Waals surface area contributed by atoms with E-state index in [9.17, 15) is 0 Å². The first kappa shape index (κ1) is 11.9. The van der Waals surface area contributed by atoms with Crippen LogP contribution in [0.5, 0.6) is 0 Å². The van der Waals surface area contributed by atoms with Crippen molar-refractivity contribution in [3.8, 4) is 0 Å². The first-order chi connectivity index (χ1) is 5.68. The lowest BCUT2D eigenvalue weighted by Gasteiger charge is -2.33. The van der Waals surface area contributed by atoms with Gasteiger partial charge in [0, 0.05) is 0 Å². The maximum Gasteiger partial charge on any atom is 0.102 e. The van der Waals surface area contributed by atoms with Crippen molar-refractivity contribution in [3.63, 3.8) is 0 Å². The number of unbranched alkanes of at least 4 members (excludes halogenated alkanes) is 1. The van der Waals surface area contributed by atoms with Gasteiger partial charge in [-0.15, -0.1) is 0 Å². The van der Waals surface area contributed by atoms with E-state index in [0.29, 0.717) is 0 Å². The van der Waals surface area contributed by atoms with Crippen molar-refractivity contribution in [2.75, 3.05) is 39.9 Å². The number of likely N-dealkylation sites (N-methyl/N-ethyl adjacent to an activating group) is 1. The van der Waals surface area contributed by atoms with Crippen LogP contribution >= 0.6 is 0 Å². The number of rotatable bonds is 7. The van der Waals surface area contributed by atoms with Crippen LogP contribution in [0.25, 0.3) is 0 Å². The van der Waals surface area contributed by atoms with Gasteiger partial charge in [-0.3, -0.25) is 0 Å². The SMILES string of the molecule is CCCC[N+](C)(CCO)CCO. The highest BCUT2D eigenvalue weighted by atomic mass is 16.3. The van der Waals surface area contributed by atoms with Crippen LogP contribution in [0.3, 0.4) is 0 Å². The maximum absolute atomic E-state index is 8.83. The van der Waals surface area contributed by atoms with E-state index in [1.807, 2.05) is 0 Å². The Hall–Kier alpha value is -0.120. The largest absolute Gasteiger partial charge is 0.391 e. The zero-order valence-electron chi connectivity index (χ0n) is 8.29. The fourth-order valence-electron chi connectivity index (χ4n) is 1.36. The van der Waals surface area contributed by atoms with E-state index in [1.54, 1.807) is 0 Å². The standard InChI is InChI=1S/C9H22NO2/c1-3-4-5-10(2,6-8-11)7-9-12/h11-12H,3-9H2,1-2H3/q+1. The Morgan fingerprint density at radius 2 is 1.50 bits per heavy atom. The van der Waals surface area contributed by atoms with Crippen LogP contribution in [0.15, 0.2) is 0 Å². The second-order valence-electron chi connectivity index (χ2n) is 3.59. The van der Waals surface area contributed by atoms with Crippen molar-refractivity contribution in [1.82, 2.24) is 0 Å². The number of hydrogen-bond donors (Lipinski definition) is 2. The summed E-state index contributed by atoms with van der Waals surface area (Å²) in [5, 5.41) is 17.7. The zero-order chi connectivity index (χ0) is 9.45. The Kier molecular flexibility index (Phi) is 6.34. The molecule has 3 heteroatoms. The Labute approximate surface area is 75.2 Å². The molecule has 0 rings (SSSR count). The zero-order valence-corrected chi connectivity index (χ0v) is 8.29. The molecule has 74 valence electrons. The van der Waals surface area contributed by atoms with E-state index in [2.05, 4.69) is 14.0 Å². The minimum absolute atomic E-state index is 0.209. The summed E-state index contributed by atoms with van der Waals surface area (Å²) in [6.45, 7) is 5.13. The highest BCUT2D eigenvalue weighted by Gasteiger charge is 2.18. The van der Waals surface area contributed by atoms with Crippen LogP contribution in [-0.4, -0.2) is 54.6 Å². The summed E-state index contributed by atoms with van der Waals surface area (Å²) in [7, 11) is 2.09. The van der Waals surface area contributed by atoms with Gasteiger partial charge in [-0.2, -0.15) is 0 Å². The summed E-state index contributed by atoms with van der Waals surface area (Å²) in [4.78, 5) is 0. The van der Waals surface area contributed by atoms with E-state index in [0.717, 1.165) is 30.5 Å². The minimum Gasteiger partial charge on any atom is -0.391 e. The molecular formula is C9H22NO2+. The Balaban J connectivity index is 3.80. The van der Waals surface area contributed by atoms with Crippen molar-refractivity contribution in [1.29, 1.82) is 0 Å². The minimum atomic E-state index is 0.209. The molecule has 0 saturated heterocycles. The van der Waals surface area contributed by atoms with Gasteiger partial charge in [0.2, 0.25) is 0 Å². The highest BCUT2D eigenvalue weighted by molar-refractivity contribution is 4.40. The smallest absolute Gasteiger partial charge is 0.102 e. The average molecular weight is 176 g/mol. The van der Waals surface area contributed by atoms with Crippen molar-refractivity contribution >= 4 is 0 Å². The van der Waals surface area contributed by atoms with Crippen LogP contribution in [0.2, 0.25) is 0 Å². The van der Waals surface area contributed by atoms with Crippen LogP contribution < -0.4 is 0 Å². The normalized spacial score (nSPS) is 12.0. The van der Waals surface area contributed by atoms with E-state index < -0.39 is 0 Å². The van der Waals surface area contributed by atoms with Crippen LogP contribution in [0.4, 0.5) is 0 Å². The summed E-state index contributed by atoms with van der Waals surface area (Å²) in [5.74, 6) is 0.